The Hall–Kier alpha value is 0.154. The third kappa shape index (κ3) is 5.37. The Morgan fingerprint density at radius 2 is 1.00 bits per heavy atom. The van der Waals surface area contributed by atoms with E-state index in [2.05, 4.69) is 58.9 Å². The summed E-state index contributed by atoms with van der Waals surface area (Å²) in [5, 5.41) is 0. The van der Waals surface area contributed by atoms with Gasteiger partial charge in [0, 0.05) is 0 Å². The number of halogens is 3. The van der Waals surface area contributed by atoms with Crippen LogP contribution in [-0.2, 0) is 28.1 Å². The van der Waals surface area contributed by atoms with Gasteiger partial charge in [-0.05, 0) is 74.4 Å². The quantitative estimate of drug-likeness (QED) is 0.365. The van der Waals surface area contributed by atoms with Crippen LogP contribution in [0.3, 0.4) is 0 Å². The van der Waals surface area contributed by atoms with E-state index in [9.17, 15) is 0 Å². The van der Waals surface area contributed by atoms with Crippen LogP contribution in [-0.4, -0.2) is 0 Å². The molecule has 0 nitrogen and oxygen atoms in total. The Labute approximate surface area is 162 Å². The van der Waals surface area contributed by atoms with Crippen molar-refractivity contribution in [1.82, 2.24) is 0 Å². The molecule has 0 heterocycles. The number of hydrogen-bond acceptors (Lipinski definition) is 0. The van der Waals surface area contributed by atoms with Gasteiger partial charge in [-0.2, -0.15) is 17.7 Å². The van der Waals surface area contributed by atoms with Gasteiger partial charge in [-0.25, -0.2) is 12.1 Å². The second-order valence-corrected chi connectivity index (χ2v) is 5.07. The molecule has 21 heavy (non-hydrogen) atoms. The zero-order chi connectivity index (χ0) is 12.6. The molecule has 0 aromatic heterocycles. The zero-order valence-corrected chi connectivity index (χ0v) is 17.0. The molecule has 2 aromatic carbocycles. The maximum Gasteiger partial charge on any atom is 4.00 e. The van der Waals surface area contributed by atoms with Crippen LogP contribution in [0.15, 0.2) is 24.3 Å². The Morgan fingerprint density at radius 3 is 1.38 bits per heavy atom. The largest absolute Gasteiger partial charge is 4.00 e. The molecule has 2 rings (SSSR count). The molecule has 0 saturated heterocycles. The third-order valence-electron chi connectivity index (χ3n) is 4.27. The summed E-state index contributed by atoms with van der Waals surface area (Å²) in [5.41, 5.74) is 10.2. The van der Waals surface area contributed by atoms with Gasteiger partial charge in [-0.15, -0.1) is 0 Å². The minimum absolute atomic E-state index is 0. The zero-order valence-electron chi connectivity index (χ0n) is 13.2. The first-order valence-electron chi connectivity index (χ1n) is 6.28. The summed E-state index contributed by atoms with van der Waals surface area (Å²) in [6.07, 6.45) is 1.06. The number of rotatable bonds is 2. The van der Waals surface area contributed by atoms with E-state index in [-0.39, 0.29) is 58.9 Å². The van der Waals surface area contributed by atoms with Gasteiger partial charge >= 0.3 is 21.7 Å². The molecule has 0 fully saturated rings. The van der Waals surface area contributed by atoms with Crippen molar-refractivity contribution in [2.24, 2.45) is 0 Å². The maximum absolute atomic E-state index is 2.26. The Kier molecular flexibility index (Phi) is 13.4. The summed E-state index contributed by atoms with van der Waals surface area (Å²) >= 11 is 0. The van der Waals surface area contributed by atoms with Gasteiger partial charge in [0.05, 0.1) is 0 Å². The molecule has 0 unspecified atom stereocenters. The second kappa shape index (κ2) is 10.8. The first-order chi connectivity index (χ1) is 8.02. The van der Waals surface area contributed by atoms with Crippen LogP contribution < -0.4 is 37.2 Å². The summed E-state index contributed by atoms with van der Waals surface area (Å²) in [5.74, 6) is 0. The summed E-state index contributed by atoms with van der Waals surface area (Å²) < 4.78 is 0. The molecule has 0 saturated carbocycles. The fourth-order valence-electron chi connectivity index (χ4n) is 2.58. The van der Waals surface area contributed by atoms with E-state index in [0.29, 0.717) is 0 Å². The van der Waals surface area contributed by atoms with E-state index >= 15 is 0 Å². The average molecular weight is 380 g/mol. The standard InChI is InChI=1S/C17H21.3ClH.Ti/c1-11-12(2)14(4)17(15(5)13(11)3)10-16-8-6-7-9-16;;;;/h6-9H,10H2,1-5H3;3*1H;/q-1;;;;+4/p-3. The molecule has 0 N–H and O–H groups in total. The van der Waals surface area contributed by atoms with E-state index in [1.807, 2.05) is 0 Å². The van der Waals surface area contributed by atoms with Crippen LogP contribution in [0, 0.1) is 34.6 Å². The normalized spacial score (nSPS) is 8.81. The van der Waals surface area contributed by atoms with Gasteiger partial charge in [-0.1, -0.05) is 0 Å². The second-order valence-electron chi connectivity index (χ2n) is 5.07. The molecule has 0 atom stereocenters. The van der Waals surface area contributed by atoms with Gasteiger partial charge in [0.2, 0.25) is 0 Å². The van der Waals surface area contributed by atoms with Crippen LogP contribution in [0.25, 0.3) is 0 Å². The molecule has 0 aliphatic rings. The predicted octanol–water partition coefficient (Wildman–Crippen LogP) is -4.45. The first kappa shape index (κ1) is 26.1. The van der Waals surface area contributed by atoms with E-state index < -0.39 is 0 Å². The minimum atomic E-state index is 0. The van der Waals surface area contributed by atoms with Crippen LogP contribution in [0.1, 0.15) is 38.9 Å². The summed E-state index contributed by atoms with van der Waals surface area (Å²) in [4.78, 5) is 0. The van der Waals surface area contributed by atoms with Gasteiger partial charge in [0.15, 0.2) is 0 Å². The molecule has 4 heteroatoms. The van der Waals surface area contributed by atoms with Gasteiger partial charge in [0.25, 0.3) is 0 Å². The first-order valence-corrected chi connectivity index (χ1v) is 6.28. The number of hydrogen-bond donors (Lipinski definition) is 0. The monoisotopic (exact) mass is 378 g/mol. The van der Waals surface area contributed by atoms with Crippen LogP contribution >= 0.6 is 0 Å². The van der Waals surface area contributed by atoms with Gasteiger partial charge < -0.3 is 37.2 Å². The Morgan fingerprint density at radius 1 is 0.667 bits per heavy atom. The maximum atomic E-state index is 2.26. The number of benzene rings is 1. The van der Waals surface area contributed by atoms with Crippen LogP contribution in [0.2, 0.25) is 0 Å². The van der Waals surface area contributed by atoms with E-state index in [4.69, 9.17) is 0 Å². The predicted molar refractivity (Wildman–Crippen MR) is 75.0 cm³/mol. The van der Waals surface area contributed by atoms with Crippen molar-refractivity contribution in [3.8, 4) is 0 Å². The fraction of sp³-hybridized carbons (Fsp3) is 0.353. The van der Waals surface area contributed by atoms with Crippen molar-refractivity contribution >= 4 is 0 Å². The van der Waals surface area contributed by atoms with Crippen molar-refractivity contribution < 1.29 is 58.9 Å². The van der Waals surface area contributed by atoms with Crippen molar-refractivity contribution in [2.45, 2.75) is 41.0 Å². The van der Waals surface area contributed by atoms with Crippen LogP contribution in [0.5, 0.6) is 0 Å². The summed E-state index contributed by atoms with van der Waals surface area (Å²) in [6.45, 7) is 11.2. The third-order valence-corrected chi connectivity index (χ3v) is 4.27. The molecule has 0 bridgehead atoms. The van der Waals surface area contributed by atoms with Crippen molar-refractivity contribution in [1.29, 1.82) is 0 Å². The molecule has 0 amide bonds. The Balaban J connectivity index is -0.000000810. The topological polar surface area (TPSA) is 0 Å². The molecular formula is C17H21Cl3Ti. The smallest absolute Gasteiger partial charge is 1.00 e. The molecule has 0 spiro atoms. The Bertz CT molecular complexity index is 517. The molecule has 2 aromatic rings. The SMILES string of the molecule is Cc1c(C)c(C)c(C[c-]2cccc2)c(C)c1C.[Cl-].[Cl-].[Cl-].[Ti+4]. The van der Waals surface area contributed by atoms with E-state index in [1.54, 1.807) is 0 Å². The van der Waals surface area contributed by atoms with Crippen molar-refractivity contribution in [3.05, 3.63) is 63.2 Å². The van der Waals surface area contributed by atoms with Gasteiger partial charge in [0.1, 0.15) is 0 Å². The van der Waals surface area contributed by atoms with Crippen LogP contribution in [0.4, 0.5) is 0 Å². The molecule has 114 valence electrons. The molecular weight excluding hydrogens is 358 g/mol. The summed E-state index contributed by atoms with van der Waals surface area (Å²) in [6, 6.07) is 8.66. The molecule has 0 radical (unpaired) electrons. The molecule has 0 aliphatic heterocycles. The van der Waals surface area contributed by atoms with Crippen molar-refractivity contribution in [3.63, 3.8) is 0 Å². The molecule has 0 aliphatic carbocycles. The van der Waals surface area contributed by atoms with E-state index in [1.165, 1.54) is 38.9 Å². The van der Waals surface area contributed by atoms with Crippen molar-refractivity contribution in [2.75, 3.05) is 0 Å². The fourth-order valence-corrected chi connectivity index (χ4v) is 2.58. The van der Waals surface area contributed by atoms with E-state index in [0.717, 1.165) is 6.42 Å². The average Bonchev–Trinajstić information content (AvgIpc) is 2.82. The minimum Gasteiger partial charge on any atom is -1.00 e. The summed E-state index contributed by atoms with van der Waals surface area (Å²) in [7, 11) is 0. The van der Waals surface area contributed by atoms with Gasteiger partial charge in [-0.3, -0.25) is 0 Å².